The zero-order valence-corrected chi connectivity index (χ0v) is 11.6. The quantitative estimate of drug-likeness (QED) is 0.659. The molecule has 2 aromatic rings. The van der Waals surface area contributed by atoms with Crippen LogP contribution in [0.2, 0.25) is 0 Å². The second-order valence-electron chi connectivity index (χ2n) is 4.67. The zero-order valence-electron chi connectivity index (χ0n) is 11.6. The average molecular weight is 291 g/mol. The van der Waals surface area contributed by atoms with Crippen molar-refractivity contribution in [3.8, 4) is 0 Å². The number of amides is 1. The third-order valence-corrected chi connectivity index (χ3v) is 3.15. The number of benzene rings is 2. The minimum atomic E-state index is -0.473. The van der Waals surface area contributed by atoms with Crippen molar-refractivity contribution in [2.75, 3.05) is 0 Å². The van der Waals surface area contributed by atoms with Crippen LogP contribution in [0, 0.1) is 0 Å². The molecular weight excluding hydrogens is 278 g/mol. The number of allylic oxidation sites excluding steroid dienone is 1. The molecule has 0 unspecified atom stereocenters. The minimum absolute atomic E-state index is 0.0916. The Morgan fingerprint density at radius 3 is 2.18 bits per heavy atom. The Labute approximate surface area is 127 Å². The molecule has 2 N–H and O–H groups in total. The molecule has 1 saturated heterocycles. The predicted octanol–water partition coefficient (Wildman–Crippen LogP) is 2.76. The average Bonchev–Trinajstić information content (AvgIpc) is 2.84. The fourth-order valence-corrected chi connectivity index (χ4v) is 2.13. The highest BCUT2D eigenvalue weighted by atomic mass is 16.4. The highest BCUT2D eigenvalue weighted by Gasteiger charge is 2.31. The summed E-state index contributed by atoms with van der Waals surface area (Å²) >= 11 is 0. The molecule has 3 rings (SSSR count). The number of carbonyl (C=O) groups is 1. The van der Waals surface area contributed by atoms with Crippen molar-refractivity contribution in [2.24, 2.45) is 10.1 Å². The lowest BCUT2D eigenvalue weighted by molar-refractivity contribution is -0.113. The Morgan fingerprint density at radius 2 is 1.55 bits per heavy atom. The summed E-state index contributed by atoms with van der Waals surface area (Å²) in [7, 11) is 0. The van der Waals surface area contributed by atoms with E-state index in [1.165, 1.54) is 0 Å². The maximum atomic E-state index is 11.9. The Kier molecular flexibility index (Phi) is 3.78. The SMILES string of the molecule is O=C1N/C(=C\c2ccccc2)C(=Nc2ccccc2)C1=NO. The molecule has 5 heteroatoms. The first-order valence-electron chi connectivity index (χ1n) is 6.72. The molecule has 0 saturated carbocycles. The van der Waals surface area contributed by atoms with Crippen molar-refractivity contribution in [2.45, 2.75) is 0 Å². The van der Waals surface area contributed by atoms with E-state index in [2.05, 4.69) is 15.5 Å². The maximum Gasteiger partial charge on any atom is 0.280 e. The van der Waals surface area contributed by atoms with Crippen LogP contribution in [-0.4, -0.2) is 22.5 Å². The number of oxime groups is 1. The van der Waals surface area contributed by atoms with E-state index in [0.717, 1.165) is 5.56 Å². The Morgan fingerprint density at radius 1 is 0.909 bits per heavy atom. The molecule has 0 aliphatic carbocycles. The number of para-hydroxylation sites is 1. The summed E-state index contributed by atoms with van der Waals surface area (Å²) in [5.74, 6) is -0.473. The lowest BCUT2D eigenvalue weighted by atomic mass is 10.1. The van der Waals surface area contributed by atoms with Crippen molar-refractivity contribution in [3.05, 3.63) is 71.9 Å². The van der Waals surface area contributed by atoms with Crippen molar-refractivity contribution >= 4 is 29.1 Å². The molecule has 108 valence electrons. The minimum Gasteiger partial charge on any atom is -0.410 e. The zero-order chi connectivity index (χ0) is 15.4. The van der Waals surface area contributed by atoms with Gasteiger partial charge in [-0.25, -0.2) is 4.99 Å². The van der Waals surface area contributed by atoms with Gasteiger partial charge < -0.3 is 10.5 Å². The molecule has 1 amide bonds. The fraction of sp³-hybridized carbons (Fsp3) is 0. The van der Waals surface area contributed by atoms with Gasteiger partial charge in [-0.1, -0.05) is 53.7 Å². The molecule has 1 fully saturated rings. The van der Waals surface area contributed by atoms with Crippen LogP contribution in [0.1, 0.15) is 5.56 Å². The lowest BCUT2D eigenvalue weighted by Gasteiger charge is -2.00. The smallest absolute Gasteiger partial charge is 0.280 e. The van der Waals surface area contributed by atoms with E-state index < -0.39 is 5.91 Å². The van der Waals surface area contributed by atoms with Gasteiger partial charge in [-0.2, -0.15) is 0 Å². The molecule has 5 nitrogen and oxygen atoms in total. The molecule has 0 atom stereocenters. The van der Waals surface area contributed by atoms with Crippen LogP contribution in [0.25, 0.3) is 6.08 Å². The first kappa shape index (κ1) is 13.8. The molecule has 0 aromatic heterocycles. The number of nitrogens with one attached hydrogen (secondary N) is 1. The molecule has 0 spiro atoms. The normalized spacial score (nSPS) is 19.8. The third kappa shape index (κ3) is 2.78. The van der Waals surface area contributed by atoms with Gasteiger partial charge in [0.15, 0.2) is 5.71 Å². The monoisotopic (exact) mass is 291 g/mol. The summed E-state index contributed by atoms with van der Waals surface area (Å²) in [6.45, 7) is 0. The van der Waals surface area contributed by atoms with Crippen molar-refractivity contribution < 1.29 is 10.0 Å². The van der Waals surface area contributed by atoms with E-state index in [-0.39, 0.29) is 5.71 Å². The number of rotatable bonds is 2. The lowest BCUT2D eigenvalue weighted by Crippen LogP contribution is -2.19. The molecular formula is C17H13N3O2. The summed E-state index contributed by atoms with van der Waals surface area (Å²) in [5.41, 5.74) is 2.33. The second-order valence-corrected chi connectivity index (χ2v) is 4.67. The van der Waals surface area contributed by atoms with E-state index in [0.29, 0.717) is 17.1 Å². The Hall–Kier alpha value is -3.21. The van der Waals surface area contributed by atoms with Gasteiger partial charge in [0.25, 0.3) is 5.91 Å². The van der Waals surface area contributed by atoms with Gasteiger partial charge in [0.1, 0.15) is 5.71 Å². The van der Waals surface area contributed by atoms with Crippen LogP contribution in [0.5, 0.6) is 0 Å². The fourth-order valence-electron chi connectivity index (χ4n) is 2.13. The molecule has 0 radical (unpaired) electrons. The second kappa shape index (κ2) is 6.05. The molecule has 22 heavy (non-hydrogen) atoms. The van der Waals surface area contributed by atoms with E-state index in [1.54, 1.807) is 6.08 Å². The number of nitrogens with zero attached hydrogens (tertiary/aromatic N) is 2. The topological polar surface area (TPSA) is 74.0 Å². The molecule has 1 aliphatic heterocycles. The molecule has 1 heterocycles. The van der Waals surface area contributed by atoms with E-state index >= 15 is 0 Å². The Balaban J connectivity index is 2.07. The van der Waals surface area contributed by atoms with Gasteiger partial charge in [-0.15, -0.1) is 0 Å². The van der Waals surface area contributed by atoms with Crippen LogP contribution >= 0.6 is 0 Å². The Bertz CT molecular complexity index is 778. The van der Waals surface area contributed by atoms with Crippen molar-refractivity contribution in [1.29, 1.82) is 0 Å². The summed E-state index contributed by atoms with van der Waals surface area (Å²) in [5, 5.41) is 14.8. The van der Waals surface area contributed by atoms with Crippen LogP contribution in [0.3, 0.4) is 0 Å². The van der Waals surface area contributed by atoms with Gasteiger partial charge in [0, 0.05) is 0 Å². The number of hydrogen-bond donors (Lipinski definition) is 2. The van der Waals surface area contributed by atoms with Crippen molar-refractivity contribution in [1.82, 2.24) is 5.32 Å². The summed E-state index contributed by atoms with van der Waals surface area (Å²) < 4.78 is 0. The van der Waals surface area contributed by atoms with Gasteiger partial charge >= 0.3 is 0 Å². The van der Waals surface area contributed by atoms with Gasteiger partial charge in [0.05, 0.1) is 11.4 Å². The van der Waals surface area contributed by atoms with Crippen LogP contribution in [-0.2, 0) is 4.79 Å². The molecule has 1 aliphatic rings. The molecule has 0 bridgehead atoms. The van der Waals surface area contributed by atoms with E-state index in [1.807, 2.05) is 60.7 Å². The van der Waals surface area contributed by atoms with Crippen LogP contribution < -0.4 is 5.32 Å². The predicted molar refractivity (Wildman–Crippen MR) is 85.3 cm³/mol. The van der Waals surface area contributed by atoms with Crippen molar-refractivity contribution in [3.63, 3.8) is 0 Å². The first-order chi connectivity index (χ1) is 10.8. The standard InChI is InChI=1S/C17H13N3O2/c21-17-16(20-22)15(18-13-9-5-2-6-10-13)14(19-17)11-12-7-3-1-4-8-12/h1-11,22H,(H,19,21)/b14-11-,18-15?,20-16?. The largest absolute Gasteiger partial charge is 0.410 e. The number of aliphatic imine (C=N–C) groups is 1. The maximum absolute atomic E-state index is 11.9. The number of hydrogen-bond acceptors (Lipinski definition) is 4. The van der Waals surface area contributed by atoms with Gasteiger partial charge in [-0.3, -0.25) is 4.79 Å². The summed E-state index contributed by atoms with van der Waals surface area (Å²) in [6, 6.07) is 18.7. The summed E-state index contributed by atoms with van der Waals surface area (Å²) in [6.07, 6.45) is 1.79. The molecule has 2 aromatic carbocycles. The highest BCUT2D eigenvalue weighted by molar-refractivity contribution is 6.74. The van der Waals surface area contributed by atoms with Gasteiger partial charge in [0.2, 0.25) is 0 Å². The van der Waals surface area contributed by atoms with E-state index in [4.69, 9.17) is 5.21 Å². The highest BCUT2D eigenvalue weighted by Crippen LogP contribution is 2.18. The number of carbonyl (C=O) groups excluding carboxylic acids is 1. The third-order valence-electron chi connectivity index (χ3n) is 3.15. The van der Waals surface area contributed by atoms with Gasteiger partial charge in [-0.05, 0) is 23.8 Å². The first-order valence-corrected chi connectivity index (χ1v) is 6.72. The summed E-state index contributed by atoms with van der Waals surface area (Å²) in [4.78, 5) is 16.3. The van der Waals surface area contributed by atoms with Crippen LogP contribution in [0.4, 0.5) is 5.69 Å². The van der Waals surface area contributed by atoms with E-state index in [9.17, 15) is 4.79 Å². The van der Waals surface area contributed by atoms with Crippen LogP contribution in [0.15, 0.2) is 76.5 Å².